The topological polar surface area (TPSA) is 0 Å². The molecule has 0 N–H and O–H groups in total. The number of thioether (sulfide) groups is 1. The van der Waals surface area contributed by atoms with Crippen molar-refractivity contribution in [3.63, 3.8) is 0 Å². The zero-order valence-corrected chi connectivity index (χ0v) is 10.1. The molecule has 0 amide bonds. The van der Waals surface area contributed by atoms with Crippen molar-refractivity contribution in [1.29, 1.82) is 0 Å². The van der Waals surface area contributed by atoms with E-state index in [0.29, 0.717) is 17.2 Å². The molecule has 0 rings (SSSR count). The van der Waals surface area contributed by atoms with E-state index in [2.05, 4.69) is 29.8 Å². The van der Waals surface area contributed by atoms with Gasteiger partial charge in [-0.1, -0.05) is 41.5 Å². The summed E-state index contributed by atoms with van der Waals surface area (Å²) in [6, 6.07) is 0. The smallest absolute Gasteiger partial charge is 0.160 e. The molecule has 0 radical (unpaired) electrons. The predicted octanol–water partition coefficient (Wildman–Crippen LogP) is 4.44. The molecule has 1 atom stereocenters. The second-order valence-corrected chi connectivity index (χ2v) is 5.53. The van der Waals surface area contributed by atoms with E-state index in [0.717, 1.165) is 6.42 Å². The molecule has 5 heteroatoms. The Balaban J connectivity index is 3.36. The van der Waals surface area contributed by atoms with Crippen LogP contribution < -0.4 is 0 Å². The van der Waals surface area contributed by atoms with Gasteiger partial charge in [0.05, 0.1) is 0 Å². The van der Waals surface area contributed by atoms with E-state index in [1.54, 1.807) is 0 Å². The van der Waals surface area contributed by atoms with Gasteiger partial charge >= 0.3 is 5.51 Å². The van der Waals surface area contributed by atoms with Crippen molar-refractivity contribution in [2.24, 2.45) is 5.92 Å². The minimum atomic E-state index is -4.07. The zero-order valence-electron chi connectivity index (χ0n) is 7.70. The maximum absolute atomic E-state index is 11.7. The van der Waals surface area contributed by atoms with Gasteiger partial charge in [0.25, 0.3) is 0 Å². The Labute approximate surface area is 89.8 Å². The maximum Gasteiger partial charge on any atom is 0.441 e. The van der Waals surface area contributed by atoms with Gasteiger partial charge in [-0.2, -0.15) is 13.2 Å². The van der Waals surface area contributed by atoms with Gasteiger partial charge in [-0.15, -0.1) is 0 Å². The molecule has 0 spiro atoms. The van der Waals surface area contributed by atoms with Crippen molar-refractivity contribution >= 4 is 27.7 Å². The Hall–Kier alpha value is 0.620. The second-order valence-electron chi connectivity index (χ2n) is 3.20. The summed E-state index contributed by atoms with van der Waals surface area (Å²) >= 11 is 3.50. The van der Waals surface area contributed by atoms with Crippen molar-refractivity contribution in [1.82, 2.24) is 0 Å². The van der Waals surface area contributed by atoms with E-state index in [1.807, 2.05) is 0 Å². The monoisotopic (exact) mass is 278 g/mol. The highest BCUT2D eigenvalue weighted by Gasteiger charge is 2.27. The van der Waals surface area contributed by atoms with Gasteiger partial charge in [0.15, 0.2) is 0 Å². The second kappa shape index (κ2) is 6.17. The van der Waals surface area contributed by atoms with Crippen LogP contribution in [0.2, 0.25) is 0 Å². The lowest BCUT2D eigenvalue weighted by atomic mass is 10.1. The van der Waals surface area contributed by atoms with Gasteiger partial charge in [0.1, 0.15) is 0 Å². The van der Waals surface area contributed by atoms with Crippen molar-refractivity contribution in [2.45, 2.75) is 37.0 Å². The third kappa shape index (κ3) is 8.94. The van der Waals surface area contributed by atoms with E-state index >= 15 is 0 Å². The normalized spacial score (nSPS) is 15.0. The van der Waals surface area contributed by atoms with E-state index in [-0.39, 0.29) is 17.5 Å². The van der Waals surface area contributed by atoms with Crippen molar-refractivity contribution in [3.8, 4) is 0 Å². The fourth-order valence-corrected chi connectivity index (χ4v) is 1.67. The standard InChI is InChI=1S/C8H14BrF3S/c1-6(2)7(9)4-3-5-13-8(10,11)12/h6-7H,3-5H2,1-2H3. The first-order chi connectivity index (χ1) is 5.83. The highest BCUT2D eigenvalue weighted by atomic mass is 79.9. The molecular weight excluding hydrogens is 265 g/mol. The Bertz CT molecular complexity index is 136. The molecule has 0 heterocycles. The Morgan fingerprint density at radius 3 is 2.23 bits per heavy atom. The zero-order chi connectivity index (χ0) is 10.5. The fourth-order valence-electron chi connectivity index (χ4n) is 0.800. The SMILES string of the molecule is CC(C)C(Br)CCCSC(F)(F)F. The molecule has 0 saturated carbocycles. The molecule has 1 unspecified atom stereocenters. The lowest BCUT2D eigenvalue weighted by molar-refractivity contribution is -0.0328. The molecule has 0 aromatic rings. The highest BCUT2D eigenvalue weighted by molar-refractivity contribution is 9.09. The van der Waals surface area contributed by atoms with E-state index in [1.165, 1.54) is 0 Å². The Morgan fingerprint density at radius 1 is 1.31 bits per heavy atom. The molecule has 13 heavy (non-hydrogen) atoms. The first-order valence-electron chi connectivity index (χ1n) is 4.17. The fraction of sp³-hybridized carbons (Fsp3) is 1.00. The van der Waals surface area contributed by atoms with Crippen LogP contribution in [-0.2, 0) is 0 Å². The van der Waals surface area contributed by atoms with Crippen molar-refractivity contribution in [2.75, 3.05) is 5.75 Å². The van der Waals surface area contributed by atoms with Gasteiger partial charge in [-0.25, -0.2) is 0 Å². The van der Waals surface area contributed by atoms with Crippen LogP contribution in [0.25, 0.3) is 0 Å². The molecule has 0 aromatic carbocycles. The molecule has 80 valence electrons. The lowest BCUT2D eigenvalue weighted by Crippen LogP contribution is -2.08. The van der Waals surface area contributed by atoms with E-state index < -0.39 is 5.51 Å². The maximum atomic E-state index is 11.7. The summed E-state index contributed by atoms with van der Waals surface area (Å²) in [5, 5.41) is 0. The summed E-state index contributed by atoms with van der Waals surface area (Å²) < 4.78 is 35.1. The molecule has 0 nitrogen and oxygen atoms in total. The minimum Gasteiger partial charge on any atom is -0.160 e. The number of rotatable bonds is 5. The average Bonchev–Trinajstić information content (AvgIpc) is 1.95. The van der Waals surface area contributed by atoms with Crippen molar-refractivity contribution < 1.29 is 13.2 Å². The van der Waals surface area contributed by atoms with Crippen LogP contribution in [0.5, 0.6) is 0 Å². The highest BCUT2D eigenvalue weighted by Crippen LogP contribution is 2.31. The molecule has 0 bridgehead atoms. The minimum absolute atomic E-state index is 0.0664. The first-order valence-corrected chi connectivity index (χ1v) is 6.08. The number of hydrogen-bond donors (Lipinski definition) is 0. The molecule has 0 fully saturated rings. The molecule has 0 aliphatic carbocycles. The summed E-state index contributed by atoms with van der Waals surface area (Å²) in [5.74, 6) is 0.647. The van der Waals surface area contributed by atoms with Crippen LogP contribution in [0.3, 0.4) is 0 Å². The third-order valence-corrected chi connectivity index (χ3v) is 3.95. The Morgan fingerprint density at radius 2 is 1.85 bits per heavy atom. The summed E-state index contributed by atoms with van der Waals surface area (Å²) in [4.78, 5) is 0.335. The van der Waals surface area contributed by atoms with Crippen LogP contribution in [0.15, 0.2) is 0 Å². The van der Waals surface area contributed by atoms with Gasteiger partial charge in [0, 0.05) is 10.6 Å². The molecule has 0 aliphatic rings. The van der Waals surface area contributed by atoms with Crippen LogP contribution in [-0.4, -0.2) is 16.1 Å². The molecular formula is C8H14BrF3S. The Kier molecular flexibility index (Phi) is 6.46. The lowest BCUT2D eigenvalue weighted by Gasteiger charge is -2.13. The third-order valence-electron chi connectivity index (χ3n) is 1.61. The van der Waals surface area contributed by atoms with E-state index in [9.17, 15) is 13.2 Å². The number of hydrogen-bond acceptors (Lipinski definition) is 1. The number of halogens is 4. The van der Waals surface area contributed by atoms with Gasteiger partial charge in [-0.3, -0.25) is 0 Å². The predicted molar refractivity (Wildman–Crippen MR) is 55.3 cm³/mol. The summed E-state index contributed by atoms with van der Waals surface area (Å²) in [6.45, 7) is 4.10. The molecule has 0 saturated heterocycles. The summed E-state index contributed by atoms with van der Waals surface area (Å²) in [5.41, 5.74) is -4.07. The first kappa shape index (κ1) is 13.6. The van der Waals surface area contributed by atoms with Crippen molar-refractivity contribution in [3.05, 3.63) is 0 Å². The summed E-state index contributed by atoms with van der Waals surface area (Å²) in [7, 11) is 0. The van der Waals surface area contributed by atoms with Crippen LogP contribution in [0.4, 0.5) is 13.2 Å². The average molecular weight is 279 g/mol. The molecule has 0 aliphatic heterocycles. The van der Waals surface area contributed by atoms with Gasteiger partial charge < -0.3 is 0 Å². The van der Waals surface area contributed by atoms with Crippen LogP contribution in [0, 0.1) is 5.92 Å². The van der Waals surface area contributed by atoms with Crippen LogP contribution in [0.1, 0.15) is 26.7 Å². The number of alkyl halides is 4. The van der Waals surface area contributed by atoms with E-state index in [4.69, 9.17) is 0 Å². The van der Waals surface area contributed by atoms with Gasteiger partial charge in [-0.05, 0) is 18.8 Å². The van der Waals surface area contributed by atoms with Crippen LogP contribution >= 0.6 is 27.7 Å². The summed E-state index contributed by atoms with van der Waals surface area (Å²) in [6.07, 6.45) is 1.42. The van der Waals surface area contributed by atoms with Gasteiger partial charge in [0.2, 0.25) is 0 Å². The largest absolute Gasteiger partial charge is 0.441 e. The quantitative estimate of drug-likeness (QED) is 0.529. The molecule has 0 aromatic heterocycles.